The van der Waals surface area contributed by atoms with Gasteiger partial charge in [0.1, 0.15) is 11.5 Å². The molecule has 1 aliphatic rings. The van der Waals surface area contributed by atoms with Crippen molar-refractivity contribution < 1.29 is 4.42 Å². The van der Waals surface area contributed by atoms with Crippen LogP contribution in [0.4, 0.5) is 0 Å². The van der Waals surface area contributed by atoms with Crippen LogP contribution in [0.3, 0.4) is 0 Å². The maximum Gasteiger partial charge on any atom is 0.111 e. The monoisotopic (exact) mass is 221 g/mol. The molecule has 1 aliphatic heterocycles. The van der Waals surface area contributed by atoms with E-state index in [4.69, 9.17) is 4.42 Å². The zero-order valence-corrected chi connectivity index (χ0v) is 10.8. The molecule has 0 radical (unpaired) electrons. The zero-order chi connectivity index (χ0) is 11.8. The Labute approximate surface area is 98.4 Å². The van der Waals surface area contributed by atoms with Crippen LogP contribution < -0.4 is 5.32 Å². The lowest BCUT2D eigenvalue weighted by Gasteiger charge is -2.30. The fraction of sp³-hybridized carbons (Fsp3) is 0.714. The molecular formula is C14H23NO. The van der Waals surface area contributed by atoms with E-state index < -0.39 is 0 Å². The molecule has 2 heteroatoms. The van der Waals surface area contributed by atoms with Crippen molar-refractivity contribution in [1.82, 2.24) is 5.32 Å². The SMILES string of the molecule is Cc1ccc(C2(C)CCNC2CC(C)C)o1. The van der Waals surface area contributed by atoms with E-state index in [1.807, 2.05) is 6.92 Å². The summed E-state index contributed by atoms with van der Waals surface area (Å²) in [6.07, 6.45) is 2.40. The van der Waals surface area contributed by atoms with Crippen LogP contribution in [0.15, 0.2) is 16.5 Å². The van der Waals surface area contributed by atoms with Gasteiger partial charge in [-0.2, -0.15) is 0 Å². The number of nitrogens with one attached hydrogen (secondary N) is 1. The smallest absolute Gasteiger partial charge is 0.111 e. The Balaban J connectivity index is 2.22. The van der Waals surface area contributed by atoms with Crippen LogP contribution in [0.1, 0.15) is 45.1 Å². The van der Waals surface area contributed by atoms with Crippen LogP contribution in [-0.4, -0.2) is 12.6 Å². The molecule has 16 heavy (non-hydrogen) atoms. The normalized spacial score (nSPS) is 30.2. The fourth-order valence-corrected chi connectivity index (χ4v) is 2.76. The van der Waals surface area contributed by atoms with Gasteiger partial charge in [-0.3, -0.25) is 0 Å². The largest absolute Gasteiger partial charge is 0.466 e. The van der Waals surface area contributed by atoms with Crippen molar-refractivity contribution in [1.29, 1.82) is 0 Å². The summed E-state index contributed by atoms with van der Waals surface area (Å²) in [7, 11) is 0. The van der Waals surface area contributed by atoms with Gasteiger partial charge in [0.2, 0.25) is 0 Å². The molecule has 1 aromatic heterocycles. The van der Waals surface area contributed by atoms with E-state index >= 15 is 0 Å². The van der Waals surface area contributed by atoms with E-state index in [1.165, 1.54) is 12.8 Å². The van der Waals surface area contributed by atoms with E-state index in [0.717, 1.165) is 24.0 Å². The predicted molar refractivity (Wildman–Crippen MR) is 66.7 cm³/mol. The fourth-order valence-electron chi connectivity index (χ4n) is 2.76. The second kappa shape index (κ2) is 4.25. The van der Waals surface area contributed by atoms with Crippen molar-refractivity contribution in [2.45, 2.75) is 52.0 Å². The molecule has 0 amide bonds. The highest BCUT2D eigenvalue weighted by atomic mass is 16.3. The molecular weight excluding hydrogens is 198 g/mol. The average Bonchev–Trinajstić information content (AvgIpc) is 2.75. The van der Waals surface area contributed by atoms with Crippen molar-refractivity contribution in [3.8, 4) is 0 Å². The number of furan rings is 1. The van der Waals surface area contributed by atoms with E-state index in [1.54, 1.807) is 0 Å². The minimum absolute atomic E-state index is 0.179. The summed E-state index contributed by atoms with van der Waals surface area (Å²) < 4.78 is 5.84. The first-order chi connectivity index (χ1) is 7.52. The summed E-state index contributed by atoms with van der Waals surface area (Å²) in [6.45, 7) is 10.0. The summed E-state index contributed by atoms with van der Waals surface area (Å²) in [4.78, 5) is 0. The van der Waals surface area contributed by atoms with Gasteiger partial charge in [0, 0.05) is 11.5 Å². The molecule has 2 heterocycles. The lowest BCUT2D eigenvalue weighted by Crippen LogP contribution is -2.38. The third kappa shape index (κ3) is 2.03. The molecule has 0 saturated carbocycles. The first-order valence-corrected chi connectivity index (χ1v) is 6.32. The van der Waals surface area contributed by atoms with Gasteiger partial charge in [0.25, 0.3) is 0 Å². The van der Waals surface area contributed by atoms with E-state index in [2.05, 4.69) is 38.2 Å². The highest BCUT2D eigenvalue weighted by molar-refractivity contribution is 5.21. The Bertz CT molecular complexity index is 355. The van der Waals surface area contributed by atoms with Crippen LogP contribution in [0.25, 0.3) is 0 Å². The van der Waals surface area contributed by atoms with Crippen LogP contribution in [0.2, 0.25) is 0 Å². The van der Waals surface area contributed by atoms with Crippen molar-refractivity contribution in [3.05, 3.63) is 23.7 Å². The van der Waals surface area contributed by atoms with Crippen molar-refractivity contribution in [3.63, 3.8) is 0 Å². The number of aryl methyl sites for hydroxylation is 1. The molecule has 2 nitrogen and oxygen atoms in total. The zero-order valence-electron chi connectivity index (χ0n) is 10.8. The molecule has 1 fully saturated rings. The first kappa shape index (κ1) is 11.7. The molecule has 90 valence electrons. The van der Waals surface area contributed by atoms with Crippen molar-refractivity contribution in [2.24, 2.45) is 5.92 Å². The van der Waals surface area contributed by atoms with E-state index in [0.29, 0.717) is 6.04 Å². The van der Waals surface area contributed by atoms with Gasteiger partial charge in [-0.1, -0.05) is 20.8 Å². The van der Waals surface area contributed by atoms with Crippen molar-refractivity contribution >= 4 is 0 Å². The Morgan fingerprint density at radius 3 is 2.81 bits per heavy atom. The van der Waals surface area contributed by atoms with Crippen LogP contribution >= 0.6 is 0 Å². The van der Waals surface area contributed by atoms with Gasteiger partial charge < -0.3 is 9.73 Å². The maximum absolute atomic E-state index is 5.84. The average molecular weight is 221 g/mol. The second-order valence-electron chi connectivity index (χ2n) is 5.71. The molecule has 0 aliphatic carbocycles. The quantitative estimate of drug-likeness (QED) is 0.847. The van der Waals surface area contributed by atoms with Crippen LogP contribution in [0.5, 0.6) is 0 Å². The molecule has 2 unspecified atom stereocenters. The van der Waals surface area contributed by atoms with Gasteiger partial charge in [-0.25, -0.2) is 0 Å². The topological polar surface area (TPSA) is 25.2 Å². The molecule has 1 aromatic rings. The summed E-state index contributed by atoms with van der Waals surface area (Å²) in [5.74, 6) is 2.90. The summed E-state index contributed by atoms with van der Waals surface area (Å²) in [5, 5.41) is 3.63. The maximum atomic E-state index is 5.84. The molecule has 0 aromatic carbocycles. The Morgan fingerprint density at radius 1 is 1.50 bits per heavy atom. The van der Waals surface area contributed by atoms with Gasteiger partial charge in [0.15, 0.2) is 0 Å². The second-order valence-corrected chi connectivity index (χ2v) is 5.71. The summed E-state index contributed by atoms with van der Waals surface area (Å²) >= 11 is 0. The summed E-state index contributed by atoms with van der Waals surface area (Å²) in [5.41, 5.74) is 0.179. The molecule has 0 spiro atoms. The van der Waals surface area contributed by atoms with Gasteiger partial charge >= 0.3 is 0 Å². The first-order valence-electron chi connectivity index (χ1n) is 6.32. The standard InChI is InChI=1S/C14H23NO/c1-10(2)9-12-14(4,7-8-15-12)13-6-5-11(3)16-13/h5-6,10,12,15H,7-9H2,1-4H3. The third-order valence-electron chi connectivity index (χ3n) is 3.81. The Hall–Kier alpha value is -0.760. The Kier molecular flexibility index (Phi) is 3.11. The molecule has 0 bridgehead atoms. The number of hydrogen-bond donors (Lipinski definition) is 1. The molecule has 2 atom stereocenters. The van der Waals surface area contributed by atoms with Gasteiger partial charge in [-0.05, 0) is 44.4 Å². The minimum atomic E-state index is 0.179. The Morgan fingerprint density at radius 2 is 2.25 bits per heavy atom. The minimum Gasteiger partial charge on any atom is -0.466 e. The van der Waals surface area contributed by atoms with Gasteiger partial charge in [-0.15, -0.1) is 0 Å². The highest BCUT2D eigenvalue weighted by Gasteiger charge is 2.42. The highest BCUT2D eigenvalue weighted by Crippen LogP contribution is 2.38. The van der Waals surface area contributed by atoms with Crippen molar-refractivity contribution in [2.75, 3.05) is 6.54 Å². The van der Waals surface area contributed by atoms with Crippen LogP contribution in [-0.2, 0) is 5.41 Å². The molecule has 1 N–H and O–H groups in total. The molecule has 1 saturated heterocycles. The predicted octanol–water partition coefficient (Wildman–Crippen LogP) is 3.25. The number of rotatable bonds is 3. The third-order valence-corrected chi connectivity index (χ3v) is 3.81. The lowest BCUT2D eigenvalue weighted by atomic mass is 9.77. The summed E-state index contributed by atoms with van der Waals surface area (Å²) in [6, 6.07) is 4.78. The van der Waals surface area contributed by atoms with E-state index in [-0.39, 0.29) is 5.41 Å². The van der Waals surface area contributed by atoms with Crippen LogP contribution in [0, 0.1) is 12.8 Å². The molecule has 2 rings (SSSR count). The number of hydrogen-bond acceptors (Lipinski definition) is 2. The lowest BCUT2D eigenvalue weighted by molar-refractivity contribution is 0.288. The van der Waals surface area contributed by atoms with Gasteiger partial charge in [0.05, 0.1) is 0 Å². The van der Waals surface area contributed by atoms with E-state index in [9.17, 15) is 0 Å².